The van der Waals surface area contributed by atoms with Gasteiger partial charge < -0.3 is 9.29 Å². The van der Waals surface area contributed by atoms with Gasteiger partial charge in [-0.1, -0.05) is 6.08 Å². The van der Waals surface area contributed by atoms with E-state index in [1.54, 1.807) is 6.08 Å². The van der Waals surface area contributed by atoms with E-state index in [1.165, 1.54) is 24.4 Å². The molecule has 0 aromatic carbocycles. The number of hydrogen-bond acceptors (Lipinski definition) is 3. The molecule has 0 fully saturated rings. The summed E-state index contributed by atoms with van der Waals surface area (Å²) in [5, 5.41) is 8.45. The maximum atomic E-state index is 10.3. The van der Waals surface area contributed by atoms with Crippen molar-refractivity contribution < 1.29 is 14.1 Å². The van der Waals surface area contributed by atoms with Crippen molar-refractivity contribution in [3.05, 3.63) is 24.0 Å². The van der Waals surface area contributed by atoms with E-state index in [4.69, 9.17) is 9.29 Å². The summed E-state index contributed by atoms with van der Waals surface area (Å²) in [5.41, 5.74) is 0.185. The first-order chi connectivity index (χ1) is 4.80. The van der Waals surface area contributed by atoms with Crippen molar-refractivity contribution in [1.82, 2.24) is 0 Å². The summed E-state index contributed by atoms with van der Waals surface area (Å²) >= 11 is 1.21. The zero-order valence-corrected chi connectivity index (χ0v) is 5.93. The van der Waals surface area contributed by atoms with E-state index in [0.717, 1.165) is 0 Å². The molecule has 3 nitrogen and oxygen atoms in total. The lowest BCUT2D eigenvalue weighted by molar-refractivity contribution is -0.132. The first-order valence-corrected chi connectivity index (χ1v) is 3.60. The van der Waals surface area contributed by atoms with E-state index in [9.17, 15) is 4.79 Å². The van der Waals surface area contributed by atoms with Gasteiger partial charge in [-0.15, -0.1) is 0 Å². The average Bonchev–Trinajstić information content (AvgIpc) is 2.12. The van der Waals surface area contributed by atoms with Crippen LogP contribution in [0.25, 0.3) is 0 Å². The van der Waals surface area contributed by atoms with Gasteiger partial charge in [0.15, 0.2) is 0 Å². The van der Waals surface area contributed by atoms with Crippen LogP contribution in [0, 0.1) is 0 Å². The van der Waals surface area contributed by atoms with Crippen LogP contribution in [0.5, 0.6) is 0 Å². The molecule has 4 heteroatoms. The fourth-order valence-electron chi connectivity index (χ4n) is 0.500. The minimum Gasteiger partial charge on any atom is -0.478 e. The van der Waals surface area contributed by atoms with E-state index in [-0.39, 0.29) is 5.57 Å². The highest BCUT2D eigenvalue weighted by molar-refractivity contribution is 7.94. The number of carboxylic acid groups (broad SMARTS) is 1. The molecule has 0 saturated carbocycles. The molecule has 0 spiro atoms. The summed E-state index contributed by atoms with van der Waals surface area (Å²) in [5.74, 6) is -0.272. The average molecular weight is 158 g/mol. The lowest BCUT2D eigenvalue weighted by Crippen LogP contribution is -1.96. The lowest BCUT2D eigenvalue weighted by atomic mass is 10.3. The van der Waals surface area contributed by atoms with Crippen LogP contribution in [0.1, 0.15) is 0 Å². The second-order valence-corrected chi connectivity index (χ2v) is 2.42. The van der Waals surface area contributed by atoms with Gasteiger partial charge in [-0.3, -0.25) is 0 Å². The summed E-state index contributed by atoms with van der Waals surface area (Å²) in [6.45, 7) is 0. The first-order valence-electron chi connectivity index (χ1n) is 2.69. The van der Waals surface area contributed by atoms with Gasteiger partial charge in [0, 0.05) is 0 Å². The van der Waals surface area contributed by atoms with E-state index >= 15 is 0 Å². The van der Waals surface area contributed by atoms with Gasteiger partial charge in [0.25, 0.3) is 0 Å². The maximum Gasteiger partial charge on any atom is 0.338 e. The van der Waals surface area contributed by atoms with Crippen LogP contribution in [-0.2, 0) is 8.98 Å². The maximum absolute atomic E-state index is 10.3. The summed E-state index contributed by atoms with van der Waals surface area (Å²) in [6.07, 6.45) is 4.51. The van der Waals surface area contributed by atoms with E-state index in [2.05, 4.69) is 0 Å². The molecule has 0 saturated heterocycles. The largest absolute Gasteiger partial charge is 0.478 e. The van der Waals surface area contributed by atoms with Crippen LogP contribution >= 0.6 is 12.0 Å². The quantitative estimate of drug-likeness (QED) is 0.582. The smallest absolute Gasteiger partial charge is 0.338 e. The molecule has 1 aliphatic rings. The molecule has 0 bridgehead atoms. The molecule has 0 amide bonds. The summed E-state index contributed by atoms with van der Waals surface area (Å²) in [4.78, 5) is 10.3. The zero-order chi connectivity index (χ0) is 7.40. The van der Waals surface area contributed by atoms with Crippen molar-refractivity contribution in [2.24, 2.45) is 0 Å². The topological polar surface area (TPSA) is 46.5 Å². The van der Waals surface area contributed by atoms with Crippen LogP contribution in [0.2, 0.25) is 0 Å². The second kappa shape index (κ2) is 3.31. The molecular formula is C6H6O3S. The van der Waals surface area contributed by atoms with Crippen molar-refractivity contribution in [2.75, 3.05) is 5.75 Å². The lowest BCUT2D eigenvalue weighted by Gasteiger charge is -1.91. The Morgan fingerprint density at radius 1 is 1.80 bits per heavy atom. The summed E-state index contributed by atoms with van der Waals surface area (Å²) in [6, 6.07) is 0. The van der Waals surface area contributed by atoms with Gasteiger partial charge >= 0.3 is 5.97 Å². The molecule has 1 rings (SSSR count). The van der Waals surface area contributed by atoms with Crippen LogP contribution < -0.4 is 0 Å². The third kappa shape index (κ3) is 1.80. The zero-order valence-electron chi connectivity index (χ0n) is 5.11. The molecule has 1 heterocycles. The van der Waals surface area contributed by atoms with E-state index in [1.807, 2.05) is 0 Å². The predicted octanol–water partition coefficient (Wildman–Crippen LogP) is 1.19. The number of aliphatic carboxylic acids is 1. The Hall–Kier alpha value is -0.900. The Labute approximate surface area is 62.6 Å². The fourth-order valence-corrected chi connectivity index (χ4v) is 0.926. The summed E-state index contributed by atoms with van der Waals surface area (Å²) < 4.78 is 4.78. The van der Waals surface area contributed by atoms with Crippen molar-refractivity contribution in [2.45, 2.75) is 0 Å². The molecule has 0 aromatic rings. The second-order valence-electron chi connectivity index (χ2n) is 1.66. The van der Waals surface area contributed by atoms with Gasteiger partial charge in [0.2, 0.25) is 0 Å². The third-order valence-electron chi connectivity index (χ3n) is 0.952. The van der Waals surface area contributed by atoms with Crippen molar-refractivity contribution in [1.29, 1.82) is 0 Å². The van der Waals surface area contributed by atoms with Crippen LogP contribution in [0.15, 0.2) is 24.0 Å². The van der Waals surface area contributed by atoms with Gasteiger partial charge in [0.05, 0.1) is 23.4 Å². The molecule has 0 atom stereocenters. The monoisotopic (exact) mass is 158 g/mol. The van der Waals surface area contributed by atoms with Gasteiger partial charge in [-0.2, -0.15) is 0 Å². The highest BCUT2D eigenvalue weighted by atomic mass is 32.2. The molecule has 54 valence electrons. The Balaban J connectivity index is 2.70. The minimum absolute atomic E-state index is 0.185. The third-order valence-corrected chi connectivity index (χ3v) is 1.51. The highest BCUT2D eigenvalue weighted by Gasteiger charge is 2.04. The Bertz CT molecular complexity index is 195. The Morgan fingerprint density at radius 3 is 3.30 bits per heavy atom. The van der Waals surface area contributed by atoms with Gasteiger partial charge in [-0.05, 0) is 6.08 Å². The molecule has 1 aliphatic heterocycles. The molecular weight excluding hydrogens is 152 g/mol. The highest BCUT2D eigenvalue weighted by Crippen LogP contribution is 2.11. The fraction of sp³-hybridized carbons (Fsp3) is 0.167. The molecule has 0 unspecified atom stereocenters. The first kappa shape index (κ1) is 7.21. The van der Waals surface area contributed by atoms with Crippen molar-refractivity contribution in [3.8, 4) is 0 Å². The van der Waals surface area contributed by atoms with Crippen LogP contribution in [0.3, 0.4) is 0 Å². The SMILES string of the molecule is O=C(O)C1=COSCC=C1. The predicted molar refractivity (Wildman–Crippen MR) is 38.4 cm³/mol. The molecule has 10 heavy (non-hydrogen) atoms. The van der Waals surface area contributed by atoms with Crippen LogP contribution in [0.4, 0.5) is 0 Å². The van der Waals surface area contributed by atoms with Crippen molar-refractivity contribution >= 4 is 18.0 Å². The van der Waals surface area contributed by atoms with Crippen LogP contribution in [-0.4, -0.2) is 16.8 Å². The summed E-state index contributed by atoms with van der Waals surface area (Å²) in [7, 11) is 0. The standard InChI is InChI=1S/C6H6O3S/c7-6(8)5-2-1-3-10-9-4-5/h1-2,4H,3H2,(H,7,8). The molecule has 1 N–H and O–H groups in total. The number of hydrogen-bond donors (Lipinski definition) is 1. The Kier molecular flexibility index (Phi) is 2.39. The normalized spacial score (nSPS) is 17.0. The minimum atomic E-state index is -0.959. The van der Waals surface area contributed by atoms with E-state index < -0.39 is 5.97 Å². The van der Waals surface area contributed by atoms with E-state index in [0.29, 0.717) is 5.75 Å². The number of rotatable bonds is 1. The van der Waals surface area contributed by atoms with Crippen molar-refractivity contribution in [3.63, 3.8) is 0 Å². The Morgan fingerprint density at radius 2 is 2.60 bits per heavy atom. The van der Waals surface area contributed by atoms with Gasteiger partial charge in [0.1, 0.15) is 6.26 Å². The number of carboxylic acids is 1. The molecule has 0 aromatic heterocycles. The molecule has 0 radical (unpaired) electrons. The van der Waals surface area contributed by atoms with Gasteiger partial charge in [-0.25, -0.2) is 4.79 Å². The molecule has 0 aliphatic carbocycles. The number of carbonyl (C=O) groups is 1.